The minimum atomic E-state index is -0.743. The Kier molecular flexibility index (Phi) is 5.21. The summed E-state index contributed by atoms with van der Waals surface area (Å²) in [5.41, 5.74) is 4.56. The van der Waals surface area contributed by atoms with Gasteiger partial charge in [-0.2, -0.15) is 0 Å². The SMILES string of the molecule is COc1c(C)cc(N(C)CCCC(=O)O)c(C)c1C. The summed E-state index contributed by atoms with van der Waals surface area (Å²) >= 11 is 0. The molecular weight excluding hydrogens is 242 g/mol. The lowest BCUT2D eigenvalue weighted by molar-refractivity contribution is -0.137. The second kappa shape index (κ2) is 6.45. The molecule has 1 aromatic carbocycles. The average Bonchev–Trinajstić information content (AvgIpc) is 2.33. The van der Waals surface area contributed by atoms with Gasteiger partial charge in [0.05, 0.1) is 7.11 Å². The largest absolute Gasteiger partial charge is 0.496 e. The number of methoxy groups -OCH3 is 1. The smallest absolute Gasteiger partial charge is 0.303 e. The molecule has 0 aliphatic rings. The van der Waals surface area contributed by atoms with Crippen LogP contribution < -0.4 is 9.64 Å². The van der Waals surface area contributed by atoms with Crippen LogP contribution in [0.1, 0.15) is 29.5 Å². The summed E-state index contributed by atoms with van der Waals surface area (Å²) in [6.07, 6.45) is 0.854. The van der Waals surface area contributed by atoms with Crippen LogP contribution in [-0.2, 0) is 4.79 Å². The van der Waals surface area contributed by atoms with Gasteiger partial charge in [0.2, 0.25) is 0 Å². The number of carbonyl (C=O) groups is 1. The van der Waals surface area contributed by atoms with Gasteiger partial charge in [0.25, 0.3) is 0 Å². The van der Waals surface area contributed by atoms with E-state index < -0.39 is 5.97 Å². The summed E-state index contributed by atoms with van der Waals surface area (Å²) in [6, 6.07) is 2.10. The van der Waals surface area contributed by atoms with E-state index in [4.69, 9.17) is 9.84 Å². The van der Waals surface area contributed by atoms with Gasteiger partial charge in [-0.15, -0.1) is 0 Å². The fraction of sp³-hybridized carbons (Fsp3) is 0.533. The highest BCUT2D eigenvalue weighted by Gasteiger charge is 2.13. The van der Waals surface area contributed by atoms with Crippen LogP contribution in [-0.4, -0.2) is 31.8 Å². The van der Waals surface area contributed by atoms with Gasteiger partial charge in [-0.05, 0) is 49.9 Å². The third-order valence-electron chi connectivity index (χ3n) is 3.50. The number of aryl methyl sites for hydroxylation is 1. The Labute approximate surface area is 115 Å². The molecule has 0 radical (unpaired) electrons. The first kappa shape index (κ1) is 15.3. The quantitative estimate of drug-likeness (QED) is 0.859. The molecule has 0 aromatic heterocycles. The summed E-state index contributed by atoms with van der Waals surface area (Å²) < 4.78 is 5.41. The Morgan fingerprint density at radius 1 is 1.32 bits per heavy atom. The van der Waals surface area contributed by atoms with Crippen molar-refractivity contribution in [3.05, 3.63) is 22.8 Å². The minimum absolute atomic E-state index is 0.206. The van der Waals surface area contributed by atoms with Crippen molar-refractivity contribution >= 4 is 11.7 Å². The van der Waals surface area contributed by atoms with Crippen molar-refractivity contribution in [1.29, 1.82) is 0 Å². The topological polar surface area (TPSA) is 49.8 Å². The molecule has 0 unspecified atom stereocenters. The number of hydrogen-bond donors (Lipinski definition) is 1. The van der Waals surface area contributed by atoms with E-state index in [1.54, 1.807) is 7.11 Å². The molecule has 106 valence electrons. The lowest BCUT2D eigenvalue weighted by Crippen LogP contribution is -2.21. The van der Waals surface area contributed by atoms with Gasteiger partial charge in [0, 0.05) is 25.7 Å². The Morgan fingerprint density at radius 2 is 1.95 bits per heavy atom. The molecule has 4 heteroatoms. The summed E-state index contributed by atoms with van der Waals surface area (Å²) in [5.74, 6) is 0.187. The van der Waals surface area contributed by atoms with E-state index in [2.05, 4.69) is 24.8 Å². The molecule has 0 bridgehead atoms. The van der Waals surface area contributed by atoms with E-state index in [1.807, 2.05) is 14.0 Å². The van der Waals surface area contributed by atoms with Gasteiger partial charge in [-0.3, -0.25) is 4.79 Å². The summed E-state index contributed by atoms with van der Waals surface area (Å²) in [4.78, 5) is 12.6. The van der Waals surface area contributed by atoms with Gasteiger partial charge >= 0.3 is 5.97 Å². The molecule has 0 atom stereocenters. The van der Waals surface area contributed by atoms with Crippen molar-refractivity contribution < 1.29 is 14.6 Å². The van der Waals surface area contributed by atoms with Crippen LogP contribution in [0.2, 0.25) is 0 Å². The van der Waals surface area contributed by atoms with Crippen LogP contribution in [0.25, 0.3) is 0 Å². The molecule has 0 saturated heterocycles. The molecular formula is C15H23NO3. The highest BCUT2D eigenvalue weighted by molar-refractivity contribution is 5.67. The number of carboxylic acid groups (broad SMARTS) is 1. The van der Waals surface area contributed by atoms with Crippen LogP contribution in [0.4, 0.5) is 5.69 Å². The van der Waals surface area contributed by atoms with Crippen LogP contribution in [0.3, 0.4) is 0 Å². The molecule has 19 heavy (non-hydrogen) atoms. The van der Waals surface area contributed by atoms with Gasteiger partial charge in [-0.25, -0.2) is 0 Å². The first-order chi connectivity index (χ1) is 8.88. The third kappa shape index (κ3) is 3.63. The van der Waals surface area contributed by atoms with Crippen molar-refractivity contribution in [2.75, 3.05) is 25.6 Å². The van der Waals surface area contributed by atoms with Crippen molar-refractivity contribution in [3.8, 4) is 5.75 Å². The summed E-state index contributed by atoms with van der Waals surface area (Å²) in [6.45, 7) is 6.88. The standard InChI is InChI=1S/C15H23NO3/c1-10-9-13(11(2)12(3)15(10)19-5)16(4)8-6-7-14(17)18/h9H,6-8H2,1-5H3,(H,17,18). The molecule has 0 spiro atoms. The number of rotatable bonds is 6. The lowest BCUT2D eigenvalue weighted by atomic mass is 10.0. The van der Waals surface area contributed by atoms with Gasteiger partial charge in [0.1, 0.15) is 5.75 Å². The number of aliphatic carboxylic acids is 1. The zero-order chi connectivity index (χ0) is 14.6. The first-order valence-electron chi connectivity index (χ1n) is 6.46. The van der Waals surface area contributed by atoms with Crippen LogP contribution in [0.15, 0.2) is 6.07 Å². The summed E-state index contributed by atoms with van der Waals surface area (Å²) in [5, 5.41) is 8.67. The van der Waals surface area contributed by atoms with Gasteiger partial charge in [-0.1, -0.05) is 0 Å². The number of hydrogen-bond acceptors (Lipinski definition) is 3. The Balaban J connectivity index is 2.91. The zero-order valence-corrected chi connectivity index (χ0v) is 12.4. The molecule has 0 amide bonds. The normalized spacial score (nSPS) is 10.4. The first-order valence-corrected chi connectivity index (χ1v) is 6.46. The van der Waals surface area contributed by atoms with E-state index in [-0.39, 0.29) is 6.42 Å². The molecule has 0 aliphatic heterocycles. The maximum atomic E-state index is 10.5. The van der Waals surface area contributed by atoms with E-state index in [0.29, 0.717) is 6.42 Å². The Morgan fingerprint density at radius 3 is 2.47 bits per heavy atom. The maximum absolute atomic E-state index is 10.5. The number of anilines is 1. The summed E-state index contributed by atoms with van der Waals surface area (Å²) in [7, 11) is 3.68. The number of benzene rings is 1. The highest BCUT2D eigenvalue weighted by Crippen LogP contribution is 2.33. The molecule has 4 nitrogen and oxygen atoms in total. The lowest BCUT2D eigenvalue weighted by Gasteiger charge is -2.24. The molecule has 0 heterocycles. The molecule has 0 saturated carbocycles. The predicted molar refractivity (Wildman–Crippen MR) is 77.3 cm³/mol. The average molecular weight is 265 g/mol. The maximum Gasteiger partial charge on any atom is 0.303 e. The van der Waals surface area contributed by atoms with Crippen LogP contribution in [0.5, 0.6) is 5.75 Å². The van der Waals surface area contributed by atoms with Gasteiger partial charge < -0.3 is 14.7 Å². The molecule has 0 fully saturated rings. The second-order valence-corrected chi connectivity index (χ2v) is 4.91. The fourth-order valence-electron chi connectivity index (χ4n) is 2.34. The van der Waals surface area contributed by atoms with E-state index in [0.717, 1.165) is 29.1 Å². The number of carboxylic acids is 1. The van der Waals surface area contributed by atoms with Crippen molar-refractivity contribution in [2.45, 2.75) is 33.6 Å². The monoisotopic (exact) mass is 265 g/mol. The zero-order valence-electron chi connectivity index (χ0n) is 12.4. The van der Waals surface area contributed by atoms with Gasteiger partial charge in [0.15, 0.2) is 0 Å². The van der Waals surface area contributed by atoms with E-state index >= 15 is 0 Å². The Bertz CT molecular complexity index is 469. The Hall–Kier alpha value is -1.71. The third-order valence-corrected chi connectivity index (χ3v) is 3.50. The molecule has 1 N–H and O–H groups in total. The molecule has 0 aliphatic carbocycles. The molecule has 1 aromatic rings. The van der Waals surface area contributed by atoms with E-state index in [1.165, 1.54) is 5.56 Å². The fourth-order valence-corrected chi connectivity index (χ4v) is 2.34. The highest BCUT2D eigenvalue weighted by atomic mass is 16.5. The van der Waals surface area contributed by atoms with Crippen molar-refractivity contribution in [3.63, 3.8) is 0 Å². The predicted octanol–water partition coefficient (Wildman–Crippen LogP) is 2.92. The van der Waals surface area contributed by atoms with Crippen LogP contribution >= 0.6 is 0 Å². The second-order valence-electron chi connectivity index (χ2n) is 4.91. The number of ether oxygens (including phenoxy) is 1. The minimum Gasteiger partial charge on any atom is -0.496 e. The van der Waals surface area contributed by atoms with Crippen LogP contribution in [0, 0.1) is 20.8 Å². The van der Waals surface area contributed by atoms with Crippen molar-refractivity contribution in [1.82, 2.24) is 0 Å². The number of nitrogens with zero attached hydrogens (tertiary/aromatic N) is 1. The van der Waals surface area contributed by atoms with Crippen molar-refractivity contribution in [2.24, 2.45) is 0 Å². The molecule has 1 rings (SSSR count). The van der Waals surface area contributed by atoms with E-state index in [9.17, 15) is 4.79 Å².